The minimum absolute atomic E-state index is 0.160. The summed E-state index contributed by atoms with van der Waals surface area (Å²) in [6.07, 6.45) is 2.10. The second-order valence-corrected chi connectivity index (χ2v) is 5.57. The van der Waals surface area contributed by atoms with Crippen LogP contribution in [0.1, 0.15) is 42.6 Å². The fraction of sp³-hybridized carbons (Fsp3) is 0.533. The van der Waals surface area contributed by atoms with Crippen molar-refractivity contribution in [3.8, 4) is 0 Å². The molecular formula is C15H20FNO. The molecule has 0 aromatic heterocycles. The Hall–Kier alpha value is -1.38. The van der Waals surface area contributed by atoms with Gasteiger partial charge in [0, 0.05) is 12.6 Å². The summed E-state index contributed by atoms with van der Waals surface area (Å²) >= 11 is 0. The summed E-state index contributed by atoms with van der Waals surface area (Å²) in [6.45, 7) is 6.74. The van der Waals surface area contributed by atoms with Crippen LogP contribution in [0.15, 0.2) is 18.2 Å². The summed E-state index contributed by atoms with van der Waals surface area (Å²) in [5.41, 5.74) is 1.13. The lowest BCUT2D eigenvalue weighted by Gasteiger charge is -2.24. The predicted molar refractivity (Wildman–Crippen MR) is 70.0 cm³/mol. The molecule has 1 fully saturated rings. The van der Waals surface area contributed by atoms with Gasteiger partial charge in [0.15, 0.2) is 0 Å². The molecule has 0 saturated heterocycles. The van der Waals surface area contributed by atoms with Gasteiger partial charge in [-0.05, 0) is 37.8 Å². The van der Waals surface area contributed by atoms with Crippen molar-refractivity contribution in [2.24, 2.45) is 5.92 Å². The number of carbonyl (C=O) groups is 1. The van der Waals surface area contributed by atoms with Crippen molar-refractivity contribution in [3.63, 3.8) is 0 Å². The molecule has 0 atom stereocenters. The van der Waals surface area contributed by atoms with E-state index in [4.69, 9.17) is 0 Å². The number of halogens is 1. The summed E-state index contributed by atoms with van der Waals surface area (Å²) in [5.74, 6) is -0.171. The maximum Gasteiger partial charge on any atom is 0.257 e. The quantitative estimate of drug-likeness (QED) is 0.801. The second-order valence-electron chi connectivity index (χ2n) is 5.57. The van der Waals surface area contributed by atoms with Crippen molar-refractivity contribution in [2.45, 2.75) is 39.7 Å². The standard InChI is InChI=1S/C15H20FNO/c1-10(2)9-17(12-5-6-12)15(18)13-8-11(3)4-7-14(13)16/h4,7-8,10,12H,5-6,9H2,1-3H3. The number of carbonyl (C=O) groups excluding carboxylic acids is 1. The Balaban J connectivity index is 2.24. The number of hydrogen-bond acceptors (Lipinski definition) is 1. The first-order chi connectivity index (χ1) is 8.49. The number of amides is 1. The number of rotatable bonds is 4. The Morgan fingerprint density at radius 2 is 2.11 bits per heavy atom. The first-order valence-corrected chi connectivity index (χ1v) is 6.56. The van der Waals surface area contributed by atoms with Gasteiger partial charge in [0.25, 0.3) is 5.91 Å². The van der Waals surface area contributed by atoms with Gasteiger partial charge < -0.3 is 4.90 Å². The highest BCUT2D eigenvalue weighted by Crippen LogP contribution is 2.29. The van der Waals surface area contributed by atoms with Gasteiger partial charge in [-0.25, -0.2) is 4.39 Å². The van der Waals surface area contributed by atoms with E-state index in [2.05, 4.69) is 13.8 Å². The van der Waals surface area contributed by atoms with E-state index >= 15 is 0 Å². The van der Waals surface area contributed by atoms with Crippen LogP contribution in [0.2, 0.25) is 0 Å². The van der Waals surface area contributed by atoms with Gasteiger partial charge in [-0.1, -0.05) is 25.5 Å². The molecule has 0 heterocycles. The smallest absolute Gasteiger partial charge is 0.257 e. The van der Waals surface area contributed by atoms with E-state index in [0.717, 1.165) is 18.4 Å². The summed E-state index contributed by atoms with van der Waals surface area (Å²) in [7, 11) is 0. The summed E-state index contributed by atoms with van der Waals surface area (Å²) in [4.78, 5) is 14.3. The van der Waals surface area contributed by atoms with Crippen LogP contribution in [0.25, 0.3) is 0 Å². The van der Waals surface area contributed by atoms with Gasteiger partial charge in [0.05, 0.1) is 5.56 Å². The molecule has 2 nitrogen and oxygen atoms in total. The van der Waals surface area contributed by atoms with Crippen molar-refractivity contribution in [1.29, 1.82) is 0 Å². The fourth-order valence-corrected chi connectivity index (χ4v) is 2.14. The zero-order valence-corrected chi connectivity index (χ0v) is 11.2. The van der Waals surface area contributed by atoms with E-state index in [1.54, 1.807) is 12.1 Å². The molecule has 18 heavy (non-hydrogen) atoms. The lowest BCUT2D eigenvalue weighted by molar-refractivity contribution is 0.0717. The first kappa shape index (κ1) is 13.1. The summed E-state index contributed by atoms with van der Waals surface area (Å²) in [6, 6.07) is 5.03. The molecule has 0 N–H and O–H groups in total. The molecule has 0 aliphatic heterocycles. The molecule has 1 aliphatic carbocycles. The molecular weight excluding hydrogens is 229 g/mol. The predicted octanol–water partition coefficient (Wildman–Crippen LogP) is 3.39. The third kappa shape index (κ3) is 2.89. The molecule has 0 radical (unpaired) electrons. The van der Waals surface area contributed by atoms with Crippen LogP contribution in [0.3, 0.4) is 0 Å². The minimum Gasteiger partial charge on any atom is -0.335 e. The Morgan fingerprint density at radius 1 is 1.44 bits per heavy atom. The van der Waals surface area contributed by atoms with E-state index in [-0.39, 0.29) is 11.5 Å². The lowest BCUT2D eigenvalue weighted by Crippen LogP contribution is -2.36. The summed E-state index contributed by atoms with van der Waals surface area (Å²) in [5, 5.41) is 0. The van der Waals surface area contributed by atoms with Crippen LogP contribution >= 0.6 is 0 Å². The zero-order chi connectivity index (χ0) is 13.3. The molecule has 0 spiro atoms. The maximum absolute atomic E-state index is 13.8. The average Bonchev–Trinajstić information content (AvgIpc) is 3.12. The molecule has 1 aromatic rings. The van der Waals surface area contributed by atoms with Gasteiger partial charge in [-0.15, -0.1) is 0 Å². The highest BCUT2D eigenvalue weighted by molar-refractivity contribution is 5.95. The number of aryl methyl sites for hydroxylation is 1. The van der Waals surface area contributed by atoms with Gasteiger partial charge in [0.1, 0.15) is 5.82 Å². The minimum atomic E-state index is -0.417. The Bertz CT molecular complexity index is 452. The Kier molecular flexibility index (Phi) is 3.69. The van der Waals surface area contributed by atoms with Crippen LogP contribution in [0, 0.1) is 18.7 Å². The zero-order valence-electron chi connectivity index (χ0n) is 11.2. The van der Waals surface area contributed by atoms with Gasteiger partial charge in [-0.2, -0.15) is 0 Å². The van der Waals surface area contributed by atoms with Crippen LogP contribution in [-0.2, 0) is 0 Å². The van der Waals surface area contributed by atoms with Crippen molar-refractivity contribution in [3.05, 3.63) is 35.1 Å². The number of nitrogens with zero attached hydrogens (tertiary/aromatic N) is 1. The second kappa shape index (κ2) is 5.09. The molecule has 1 aliphatic rings. The molecule has 2 rings (SSSR count). The monoisotopic (exact) mass is 249 g/mol. The highest BCUT2D eigenvalue weighted by atomic mass is 19.1. The average molecular weight is 249 g/mol. The molecule has 98 valence electrons. The van der Waals surface area contributed by atoms with Crippen molar-refractivity contribution < 1.29 is 9.18 Å². The normalized spacial score (nSPS) is 14.9. The molecule has 1 amide bonds. The SMILES string of the molecule is Cc1ccc(F)c(C(=O)N(CC(C)C)C2CC2)c1. The number of hydrogen-bond donors (Lipinski definition) is 0. The van der Waals surface area contributed by atoms with E-state index in [0.29, 0.717) is 18.5 Å². The third-order valence-corrected chi connectivity index (χ3v) is 3.16. The van der Waals surface area contributed by atoms with Gasteiger partial charge in [-0.3, -0.25) is 4.79 Å². The lowest BCUT2D eigenvalue weighted by atomic mass is 10.1. The molecule has 1 saturated carbocycles. The molecule has 1 aromatic carbocycles. The van der Waals surface area contributed by atoms with Crippen LogP contribution < -0.4 is 0 Å². The fourth-order valence-electron chi connectivity index (χ4n) is 2.14. The van der Waals surface area contributed by atoms with Gasteiger partial charge in [0.2, 0.25) is 0 Å². The largest absolute Gasteiger partial charge is 0.335 e. The first-order valence-electron chi connectivity index (χ1n) is 6.56. The highest BCUT2D eigenvalue weighted by Gasteiger charge is 2.34. The Morgan fingerprint density at radius 3 is 2.67 bits per heavy atom. The van der Waals surface area contributed by atoms with E-state index < -0.39 is 5.82 Å². The molecule has 0 unspecified atom stereocenters. The topological polar surface area (TPSA) is 20.3 Å². The summed E-state index contributed by atoms with van der Waals surface area (Å²) < 4.78 is 13.8. The van der Waals surface area contributed by atoms with Crippen molar-refractivity contribution in [2.75, 3.05) is 6.54 Å². The van der Waals surface area contributed by atoms with Crippen molar-refractivity contribution >= 4 is 5.91 Å². The van der Waals surface area contributed by atoms with Crippen molar-refractivity contribution in [1.82, 2.24) is 4.90 Å². The Labute approximate surface area is 108 Å². The van der Waals surface area contributed by atoms with E-state index in [9.17, 15) is 9.18 Å². The van der Waals surface area contributed by atoms with E-state index in [1.165, 1.54) is 6.07 Å². The number of benzene rings is 1. The maximum atomic E-state index is 13.8. The van der Waals surface area contributed by atoms with Crippen LogP contribution in [0.4, 0.5) is 4.39 Å². The van der Waals surface area contributed by atoms with E-state index in [1.807, 2.05) is 11.8 Å². The molecule has 3 heteroatoms. The van der Waals surface area contributed by atoms with Gasteiger partial charge >= 0.3 is 0 Å². The van der Waals surface area contributed by atoms with Crippen LogP contribution in [-0.4, -0.2) is 23.4 Å². The third-order valence-electron chi connectivity index (χ3n) is 3.16. The molecule has 0 bridgehead atoms. The van der Waals surface area contributed by atoms with Crippen LogP contribution in [0.5, 0.6) is 0 Å².